The zero-order chi connectivity index (χ0) is 24.7. The number of hydrogen-bond donors (Lipinski definition) is 2. The molecule has 0 amide bonds. The molecule has 34 heavy (non-hydrogen) atoms. The first kappa shape index (κ1) is 25.4. The number of carbonyl (C=O) groups is 1. The second-order valence-electron chi connectivity index (χ2n) is 7.70. The van der Waals surface area contributed by atoms with Crippen molar-refractivity contribution < 1.29 is 43.4 Å². The molecule has 0 unspecified atom stereocenters. The number of hydrogen-bond acceptors (Lipinski definition) is 8. The third kappa shape index (κ3) is 5.99. The van der Waals surface area contributed by atoms with E-state index in [1.807, 2.05) is 12.1 Å². The molecule has 3 rings (SSSR count). The van der Waals surface area contributed by atoms with Gasteiger partial charge in [-0.05, 0) is 41.5 Å². The molecule has 0 spiro atoms. The summed E-state index contributed by atoms with van der Waals surface area (Å²) in [6, 6.07) is 10.7. The Kier molecular flexibility index (Phi) is 8.75. The van der Waals surface area contributed by atoms with Gasteiger partial charge < -0.3 is 38.6 Å². The quantitative estimate of drug-likeness (QED) is 0.507. The normalized spacial score (nSPS) is 19.8. The largest absolute Gasteiger partial charge is 0.493 e. The van der Waals surface area contributed by atoms with E-state index in [0.717, 1.165) is 11.1 Å². The number of aliphatic hydroxyl groups is 1. The van der Waals surface area contributed by atoms with Crippen LogP contribution in [0.4, 0.5) is 0 Å². The van der Waals surface area contributed by atoms with Gasteiger partial charge in [-0.1, -0.05) is 12.1 Å². The zero-order valence-corrected chi connectivity index (χ0v) is 19.6. The number of carboxylic acid groups (broad SMARTS) is 1. The Morgan fingerprint density at radius 2 is 1.32 bits per heavy atom. The summed E-state index contributed by atoms with van der Waals surface area (Å²) in [6.45, 7) is 0.311. The summed E-state index contributed by atoms with van der Waals surface area (Å²) in [7, 11) is 6.19. The van der Waals surface area contributed by atoms with Crippen molar-refractivity contribution in [2.45, 2.75) is 37.9 Å². The predicted octanol–water partition coefficient (Wildman–Crippen LogP) is 2.97. The lowest BCUT2D eigenvalue weighted by Gasteiger charge is -2.33. The van der Waals surface area contributed by atoms with Crippen LogP contribution in [0.25, 0.3) is 0 Å². The van der Waals surface area contributed by atoms with Crippen molar-refractivity contribution in [1.29, 1.82) is 0 Å². The minimum absolute atomic E-state index is 0.0395. The molecule has 1 aliphatic rings. The van der Waals surface area contributed by atoms with Gasteiger partial charge >= 0.3 is 5.97 Å². The summed E-state index contributed by atoms with van der Waals surface area (Å²) in [4.78, 5) is 11.6. The molecule has 0 aromatic heterocycles. The van der Waals surface area contributed by atoms with Gasteiger partial charge in [0.1, 0.15) is 12.2 Å². The number of carboxylic acids is 1. The van der Waals surface area contributed by atoms with E-state index in [0.29, 0.717) is 23.0 Å². The molecule has 9 heteroatoms. The van der Waals surface area contributed by atoms with Crippen LogP contribution in [0, 0.1) is 0 Å². The van der Waals surface area contributed by atoms with Crippen LogP contribution in [0.15, 0.2) is 48.0 Å². The van der Waals surface area contributed by atoms with Crippen molar-refractivity contribution in [2.24, 2.45) is 0 Å². The lowest BCUT2D eigenvalue weighted by Crippen LogP contribution is -2.44. The van der Waals surface area contributed by atoms with Crippen molar-refractivity contribution in [3.05, 3.63) is 59.2 Å². The van der Waals surface area contributed by atoms with Crippen molar-refractivity contribution in [2.75, 3.05) is 28.4 Å². The highest BCUT2D eigenvalue weighted by Gasteiger charge is 2.36. The first-order valence-electron chi connectivity index (χ1n) is 10.7. The van der Waals surface area contributed by atoms with Gasteiger partial charge in [0.05, 0.1) is 47.8 Å². The second-order valence-corrected chi connectivity index (χ2v) is 7.70. The summed E-state index contributed by atoms with van der Waals surface area (Å²) in [5.74, 6) is 1.19. The maximum atomic E-state index is 11.6. The summed E-state index contributed by atoms with van der Waals surface area (Å²) in [6.07, 6.45) is -1.14. The van der Waals surface area contributed by atoms with E-state index in [-0.39, 0.29) is 25.2 Å². The number of ether oxygens (including phenoxy) is 6. The fourth-order valence-corrected chi connectivity index (χ4v) is 3.75. The monoisotopic (exact) mass is 474 g/mol. The fourth-order valence-electron chi connectivity index (χ4n) is 3.75. The molecule has 0 heterocycles. The first-order valence-corrected chi connectivity index (χ1v) is 10.7. The summed E-state index contributed by atoms with van der Waals surface area (Å²) < 4.78 is 33.2. The smallest absolute Gasteiger partial charge is 0.331 e. The van der Waals surface area contributed by atoms with Crippen LogP contribution >= 0.6 is 0 Å². The Hall–Kier alpha value is -3.27. The Balaban J connectivity index is 1.76. The lowest BCUT2D eigenvalue weighted by molar-refractivity contribution is -0.138. The Labute approximate surface area is 198 Å². The van der Waals surface area contributed by atoms with Crippen molar-refractivity contribution in [1.82, 2.24) is 0 Å². The van der Waals surface area contributed by atoms with E-state index in [2.05, 4.69) is 0 Å². The summed E-state index contributed by atoms with van der Waals surface area (Å²) in [5.41, 5.74) is 1.67. The summed E-state index contributed by atoms with van der Waals surface area (Å²) >= 11 is 0. The van der Waals surface area contributed by atoms with Crippen molar-refractivity contribution >= 4 is 5.97 Å². The van der Waals surface area contributed by atoms with Crippen LogP contribution in [0.2, 0.25) is 0 Å². The highest BCUT2D eigenvalue weighted by atomic mass is 16.5. The average Bonchev–Trinajstić information content (AvgIpc) is 2.85. The third-order valence-corrected chi connectivity index (χ3v) is 5.55. The van der Waals surface area contributed by atoms with Gasteiger partial charge in [0.25, 0.3) is 0 Å². The van der Waals surface area contributed by atoms with Crippen molar-refractivity contribution in [3.8, 4) is 23.0 Å². The van der Waals surface area contributed by atoms with E-state index in [4.69, 9.17) is 28.4 Å². The number of methoxy groups -OCH3 is 4. The molecule has 3 atom stereocenters. The van der Waals surface area contributed by atoms with Gasteiger partial charge in [0.15, 0.2) is 23.0 Å². The lowest BCUT2D eigenvalue weighted by atomic mass is 9.92. The maximum Gasteiger partial charge on any atom is 0.331 e. The first-order chi connectivity index (χ1) is 16.4. The number of aliphatic hydroxyl groups excluding tert-OH is 1. The molecule has 0 saturated heterocycles. The van der Waals surface area contributed by atoms with Crippen LogP contribution in [-0.2, 0) is 27.5 Å². The molecule has 0 bridgehead atoms. The van der Waals surface area contributed by atoms with Crippen LogP contribution in [0.1, 0.15) is 17.5 Å². The van der Waals surface area contributed by atoms with Crippen molar-refractivity contribution in [3.63, 3.8) is 0 Å². The Bertz CT molecular complexity index is 1020. The van der Waals surface area contributed by atoms with Crippen LogP contribution in [-0.4, -0.2) is 62.9 Å². The molecule has 184 valence electrons. The molecule has 2 N–H and O–H groups in total. The van der Waals surface area contributed by atoms with Gasteiger partial charge in [-0.25, -0.2) is 4.79 Å². The molecule has 0 saturated carbocycles. The molecular weight excluding hydrogens is 444 g/mol. The van der Waals surface area contributed by atoms with E-state index < -0.39 is 24.3 Å². The molecule has 2 aromatic rings. The van der Waals surface area contributed by atoms with Crippen LogP contribution in [0.5, 0.6) is 23.0 Å². The highest BCUT2D eigenvalue weighted by molar-refractivity contribution is 5.87. The van der Waals surface area contributed by atoms with Gasteiger partial charge in [0.2, 0.25) is 0 Å². The van der Waals surface area contributed by atoms with Crippen LogP contribution in [0.3, 0.4) is 0 Å². The van der Waals surface area contributed by atoms with Gasteiger partial charge in [-0.15, -0.1) is 0 Å². The second kappa shape index (κ2) is 11.7. The van der Waals surface area contributed by atoms with E-state index in [1.54, 1.807) is 52.7 Å². The minimum Gasteiger partial charge on any atom is -0.493 e. The average molecular weight is 475 g/mol. The summed E-state index contributed by atoms with van der Waals surface area (Å²) in [5, 5.41) is 20.1. The van der Waals surface area contributed by atoms with E-state index in [9.17, 15) is 15.0 Å². The predicted molar refractivity (Wildman–Crippen MR) is 123 cm³/mol. The fraction of sp³-hybridized carbons (Fsp3) is 0.400. The zero-order valence-electron chi connectivity index (χ0n) is 19.6. The molecule has 9 nitrogen and oxygen atoms in total. The van der Waals surface area contributed by atoms with E-state index >= 15 is 0 Å². The van der Waals surface area contributed by atoms with Gasteiger partial charge in [-0.3, -0.25) is 0 Å². The molecule has 1 aliphatic carbocycles. The maximum absolute atomic E-state index is 11.6. The molecular formula is C25H30O9. The minimum atomic E-state index is -1.10. The number of rotatable bonds is 11. The molecule has 0 aliphatic heterocycles. The van der Waals surface area contributed by atoms with Gasteiger partial charge in [0, 0.05) is 12.0 Å². The molecule has 0 fully saturated rings. The Morgan fingerprint density at radius 3 is 1.79 bits per heavy atom. The number of benzene rings is 2. The van der Waals surface area contributed by atoms with Gasteiger partial charge in [-0.2, -0.15) is 0 Å². The number of aliphatic carboxylic acids is 1. The highest BCUT2D eigenvalue weighted by Crippen LogP contribution is 2.31. The standard InChI is InChI=1S/C25H30O9/c1-29-19-7-5-15(9-21(19)31-3)13-33-23-12-17(25(27)28)11-18(26)24(23)34-14-16-6-8-20(30-2)22(10-16)32-4/h5-10,12,18,23-24,26H,11,13-14H2,1-4H3,(H,27,28)/t18-,23-,24+/m1/s1. The van der Waals surface area contributed by atoms with E-state index in [1.165, 1.54) is 6.08 Å². The molecule has 2 aromatic carbocycles. The Morgan fingerprint density at radius 1 is 0.824 bits per heavy atom. The third-order valence-electron chi connectivity index (χ3n) is 5.55. The topological polar surface area (TPSA) is 113 Å². The van der Waals surface area contributed by atoms with Crippen LogP contribution < -0.4 is 18.9 Å². The SMILES string of the molecule is COc1ccc(CO[C@H]2[C@H](O)CC(C(=O)O)=C[C@H]2OCc2ccc(OC)c(OC)c2)cc1OC. The molecule has 0 radical (unpaired) electrons.